The summed E-state index contributed by atoms with van der Waals surface area (Å²) in [7, 11) is 0. The molecular weight excluding hydrogens is 330 g/mol. The van der Waals surface area contributed by atoms with Crippen LogP contribution in [0.2, 0.25) is 0 Å². The fourth-order valence-electron chi connectivity index (χ4n) is 3.76. The molecule has 2 heterocycles. The maximum Gasteiger partial charge on any atom is 0.251 e. The van der Waals surface area contributed by atoms with Gasteiger partial charge in [-0.3, -0.25) is 14.5 Å². The predicted molar refractivity (Wildman–Crippen MR) is 99.8 cm³/mol. The molecule has 2 amide bonds. The number of hydrogen-bond acceptors (Lipinski definition) is 4. The van der Waals surface area contributed by atoms with Crippen molar-refractivity contribution < 1.29 is 14.7 Å². The zero-order valence-electron chi connectivity index (χ0n) is 15.3. The van der Waals surface area contributed by atoms with Crippen molar-refractivity contribution in [3.8, 4) is 0 Å². The molecule has 2 aliphatic rings. The number of amides is 2. The second-order valence-corrected chi connectivity index (χ2v) is 7.33. The molecule has 2 atom stereocenters. The van der Waals surface area contributed by atoms with Crippen molar-refractivity contribution in [2.24, 2.45) is 0 Å². The van der Waals surface area contributed by atoms with Crippen LogP contribution in [0.1, 0.15) is 42.5 Å². The number of piperidine rings is 1. The molecule has 0 bridgehead atoms. The molecule has 1 aromatic carbocycles. The van der Waals surface area contributed by atoms with Gasteiger partial charge in [0.2, 0.25) is 5.91 Å². The fourth-order valence-corrected chi connectivity index (χ4v) is 3.76. The highest BCUT2D eigenvalue weighted by molar-refractivity contribution is 5.94. The Hall–Kier alpha value is -1.92. The number of hydrogen-bond donors (Lipinski definition) is 2. The zero-order chi connectivity index (χ0) is 18.4. The maximum absolute atomic E-state index is 12.5. The molecule has 1 aromatic rings. The molecular formula is C20H29N3O3. The standard InChI is InChI=1S/C20H29N3O3/c24-18-14-22(15-19(25)23-11-6-1-2-7-12-23)13-10-17(18)21-20(26)16-8-4-3-5-9-16/h3-5,8-9,17-18,24H,1-2,6-7,10-15H2,(H,21,26)/t17-,18-/m1/s1. The molecule has 26 heavy (non-hydrogen) atoms. The second-order valence-electron chi connectivity index (χ2n) is 7.33. The fraction of sp³-hybridized carbons (Fsp3) is 0.600. The summed E-state index contributed by atoms with van der Waals surface area (Å²) in [6.45, 7) is 3.18. The maximum atomic E-state index is 12.5. The smallest absolute Gasteiger partial charge is 0.251 e. The summed E-state index contributed by atoms with van der Waals surface area (Å²) >= 11 is 0. The van der Waals surface area contributed by atoms with E-state index < -0.39 is 6.10 Å². The molecule has 2 N–H and O–H groups in total. The number of aliphatic hydroxyl groups is 1. The number of benzene rings is 1. The first-order chi connectivity index (χ1) is 12.6. The molecule has 3 rings (SSSR count). The van der Waals surface area contributed by atoms with Crippen LogP contribution >= 0.6 is 0 Å². The molecule has 0 aromatic heterocycles. The molecule has 6 heteroatoms. The normalized spacial score (nSPS) is 24.7. The minimum atomic E-state index is -0.659. The quantitative estimate of drug-likeness (QED) is 0.849. The minimum Gasteiger partial charge on any atom is -0.390 e. The number of rotatable bonds is 4. The van der Waals surface area contributed by atoms with Gasteiger partial charge < -0.3 is 15.3 Å². The lowest BCUT2D eigenvalue weighted by molar-refractivity contribution is -0.133. The van der Waals surface area contributed by atoms with E-state index in [0.717, 1.165) is 25.9 Å². The highest BCUT2D eigenvalue weighted by Gasteiger charge is 2.30. The van der Waals surface area contributed by atoms with Gasteiger partial charge in [-0.05, 0) is 31.4 Å². The van der Waals surface area contributed by atoms with Crippen molar-refractivity contribution in [3.63, 3.8) is 0 Å². The van der Waals surface area contributed by atoms with Crippen molar-refractivity contribution >= 4 is 11.8 Å². The van der Waals surface area contributed by atoms with E-state index >= 15 is 0 Å². The van der Waals surface area contributed by atoms with Gasteiger partial charge in [0.1, 0.15) is 0 Å². The molecule has 0 radical (unpaired) electrons. The molecule has 142 valence electrons. The van der Waals surface area contributed by atoms with E-state index in [-0.39, 0.29) is 17.9 Å². The number of carbonyl (C=O) groups excluding carboxylic acids is 2. The average Bonchev–Trinajstić information content (AvgIpc) is 2.94. The largest absolute Gasteiger partial charge is 0.390 e. The Bertz CT molecular complexity index is 600. The van der Waals surface area contributed by atoms with Crippen LogP contribution in [-0.2, 0) is 4.79 Å². The lowest BCUT2D eigenvalue weighted by Crippen LogP contribution is -2.55. The predicted octanol–water partition coefficient (Wildman–Crippen LogP) is 1.25. The van der Waals surface area contributed by atoms with Crippen molar-refractivity contribution in [1.82, 2.24) is 15.1 Å². The van der Waals surface area contributed by atoms with Gasteiger partial charge >= 0.3 is 0 Å². The Morgan fingerprint density at radius 3 is 2.38 bits per heavy atom. The van der Waals surface area contributed by atoms with Gasteiger partial charge in [0, 0.05) is 31.7 Å². The van der Waals surface area contributed by atoms with Gasteiger partial charge in [-0.1, -0.05) is 31.0 Å². The Kier molecular flexibility index (Phi) is 6.63. The van der Waals surface area contributed by atoms with Crippen LogP contribution in [0.4, 0.5) is 0 Å². The van der Waals surface area contributed by atoms with Crippen molar-refractivity contribution in [1.29, 1.82) is 0 Å². The number of β-amino-alcohol motifs (C(OH)–C–C–N with tert-alkyl or cyclic N) is 1. The molecule has 0 aliphatic carbocycles. The van der Waals surface area contributed by atoms with E-state index in [2.05, 4.69) is 5.32 Å². The van der Waals surface area contributed by atoms with E-state index in [4.69, 9.17) is 0 Å². The average molecular weight is 359 g/mol. The van der Waals surface area contributed by atoms with Crippen LogP contribution in [0.3, 0.4) is 0 Å². The lowest BCUT2D eigenvalue weighted by Gasteiger charge is -2.36. The van der Waals surface area contributed by atoms with Crippen LogP contribution in [0.15, 0.2) is 30.3 Å². The van der Waals surface area contributed by atoms with E-state index in [1.165, 1.54) is 12.8 Å². The van der Waals surface area contributed by atoms with Crippen molar-refractivity contribution in [2.45, 2.75) is 44.2 Å². The topological polar surface area (TPSA) is 72.9 Å². The highest BCUT2D eigenvalue weighted by atomic mass is 16.3. The monoisotopic (exact) mass is 359 g/mol. The van der Waals surface area contributed by atoms with Crippen LogP contribution < -0.4 is 5.32 Å². The molecule has 0 unspecified atom stereocenters. The number of carbonyl (C=O) groups is 2. The van der Waals surface area contributed by atoms with Crippen LogP contribution in [0.25, 0.3) is 0 Å². The molecule has 2 saturated heterocycles. The van der Waals surface area contributed by atoms with Crippen LogP contribution in [0, 0.1) is 0 Å². The molecule has 2 aliphatic heterocycles. The van der Waals surface area contributed by atoms with Crippen LogP contribution in [0.5, 0.6) is 0 Å². The zero-order valence-corrected chi connectivity index (χ0v) is 15.3. The van der Waals surface area contributed by atoms with Gasteiger partial charge in [0.25, 0.3) is 5.91 Å². The minimum absolute atomic E-state index is 0.158. The van der Waals surface area contributed by atoms with Crippen molar-refractivity contribution in [3.05, 3.63) is 35.9 Å². The van der Waals surface area contributed by atoms with E-state index in [1.54, 1.807) is 12.1 Å². The summed E-state index contributed by atoms with van der Waals surface area (Å²) in [6.07, 6.45) is 4.56. The van der Waals surface area contributed by atoms with Gasteiger partial charge in [0.15, 0.2) is 0 Å². The summed E-state index contributed by atoms with van der Waals surface area (Å²) < 4.78 is 0. The summed E-state index contributed by atoms with van der Waals surface area (Å²) in [4.78, 5) is 28.7. The molecule has 6 nitrogen and oxygen atoms in total. The van der Waals surface area contributed by atoms with Gasteiger partial charge in [-0.2, -0.15) is 0 Å². The molecule has 0 spiro atoms. The lowest BCUT2D eigenvalue weighted by atomic mass is 10.0. The SMILES string of the molecule is O=C(N[C@@H]1CCN(CC(=O)N2CCCCCC2)C[C@H]1O)c1ccccc1. The number of nitrogens with one attached hydrogen (secondary N) is 1. The third-order valence-electron chi connectivity index (χ3n) is 5.34. The molecule has 2 fully saturated rings. The Morgan fingerprint density at radius 1 is 1.04 bits per heavy atom. The Labute approximate surface area is 155 Å². The summed E-state index contributed by atoms with van der Waals surface area (Å²) in [5, 5.41) is 13.3. The van der Waals surface area contributed by atoms with E-state index in [1.807, 2.05) is 28.0 Å². The van der Waals surface area contributed by atoms with Crippen molar-refractivity contribution in [2.75, 3.05) is 32.7 Å². The number of likely N-dealkylation sites (tertiary alicyclic amines) is 2. The number of aliphatic hydroxyl groups excluding tert-OH is 1. The third kappa shape index (κ3) is 5.05. The summed E-state index contributed by atoms with van der Waals surface area (Å²) in [5.41, 5.74) is 0.596. The first-order valence-electron chi connectivity index (χ1n) is 9.67. The van der Waals surface area contributed by atoms with Gasteiger partial charge in [-0.15, -0.1) is 0 Å². The Morgan fingerprint density at radius 2 is 1.73 bits per heavy atom. The summed E-state index contributed by atoms with van der Waals surface area (Å²) in [5.74, 6) is -0.00499. The first-order valence-corrected chi connectivity index (χ1v) is 9.67. The summed E-state index contributed by atoms with van der Waals surface area (Å²) in [6, 6.07) is 8.76. The van der Waals surface area contributed by atoms with Crippen LogP contribution in [-0.4, -0.2) is 71.6 Å². The van der Waals surface area contributed by atoms with E-state index in [9.17, 15) is 14.7 Å². The Balaban J connectivity index is 1.47. The number of nitrogens with zero attached hydrogens (tertiary/aromatic N) is 2. The third-order valence-corrected chi connectivity index (χ3v) is 5.34. The first kappa shape index (κ1) is 18.9. The van der Waals surface area contributed by atoms with E-state index in [0.29, 0.717) is 31.6 Å². The second kappa shape index (κ2) is 9.14. The highest BCUT2D eigenvalue weighted by Crippen LogP contribution is 2.14. The molecule has 0 saturated carbocycles. The van der Waals surface area contributed by atoms with Gasteiger partial charge in [0.05, 0.1) is 18.7 Å². The van der Waals surface area contributed by atoms with Gasteiger partial charge in [-0.25, -0.2) is 0 Å².